The molecular formula is C15H16BrNO2. The number of aliphatic hydroxyl groups excluding tert-OH is 1. The SMILES string of the molecule is COc1cc(C)cc(C)c1C(O)c1cncc(Br)c1. The number of hydrogen-bond donors (Lipinski definition) is 1. The number of nitrogens with zero attached hydrogens (tertiary/aromatic N) is 1. The maximum atomic E-state index is 10.6. The molecule has 0 bridgehead atoms. The topological polar surface area (TPSA) is 42.4 Å². The summed E-state index contributed by atoms with van der Waals surface area (Å²) in [5.74, 6) is 0.699. The van der Waals surface area contributed by atoms with Crippen molar-refractivity contribution in [2.75, 3.05) is 7.11 Å². The number of ether oxygens (including phenoxy) is 1. The molecule has 0 saturated carbocycles. The molecule has 0 aliphatic heterocycles. The number of rotatable bonds is 3. The zero-order valence-electron chi connectivity index (χ0n) is 11.1. The van der Waals surface area contributed by atoms with Crippen molar-refractivity contribution < 1.29 is 9.84 Å². The van der Waals surface area contributed by atoms with E-state index in [1.54, 1.807) is 19.5 Å². The normalized spacial score (nSPS) is 12.3. The summed E-state index contributed by atoms with van der Waals surface area (Å²) in [7, 11) is 1.61. The Morgan fingerprint density at radius 2 is 1.95 bits per heavy atom. The molecule has 0 radical (unpaired) electrons. The van der Waals surface area contributed by atoms with Gasteiger partial charge in [0, 0.05) is 28.0 Å². The lowest BCUT2D eigenvalue weighted by Gasteiger charge is -2.18. The van der Waals surface area contributed by atoms with Gasteiger partial charge in [-0.25, -0.2) is 0 Å². The Balaban J connectivity index is 2.52. The fourth-order valence-electron chi connectivity index (χ4n) is 2.20. The number of benzene rings is 1. The minimum Gasteiger partial charge on any atom is -0.496 e. The summed E-state index contributed by atoms with van der Waals surface area (Å²) in [5, 5.41) is 10.6. The molecule has 2 aromatic rings. The van der Waals surface area contributed by atoms with Crippen molar-refractivity contribution in [3.63, 3.8) is 0 Å². The first-order valence-corrected chi connectivity index (χ1v) is 6.76. The molecule has 0 spiro atoms. The van der Waals surface area contributed by atoms with Crippen LogP contribution in [0.1, 0.15) is 28.4 Å². The van der Waals surface area contributed by atoms with Crippen LogP contribution >= 0.6 is 15.9 Å². The minimum atomic E-state index is -0.749. The van der Waals surface area contributed by atoms with Gasteiger partial charge in [0.25, 0.3) is 0 Å². The molecule has 3 nitrogen and oxygen atoms in total. The van der Waals surface area contributed by atoms with Crippen LogP contribution < -0.4 is 4.74 Å². The van der Waals surface area contributed by atoms with Crippen molar-refractivity contribution >= 4 is 15.9 Å². The van der Waals surface area contributed by atoms with Gasteiger partial charge in [-0.2, -0.15) is 0 Å². The molecule has 0 aliphatic rings. The third kappa shape index (κ3) is 2.96. The number of aliphatic hydroxyl groups is 1. The first-order chi connectivity index (χ1) is 9.02. The Labute approximate surface area is 121 Å². The first kappa shape index (κ1) is 14.0. The van der Waals surface area contributed by atoms with Crippen molar-refractivity contribution in [1.29, 1.82) is 0 Å². The molecule has 0 amide bonds. The van der Waals surface area contributed by atoms with Crippen LogP contribution in [0.5, 0.6) is 5.75 Å². The van der Waals surface area contributed by atoms with E-state index in [-0.39, 0.29) is 0 Å². The van der Waals surface area contributed by atoms with E-state index in [0.29, 0.717) is 5.75 Å². The molecule has 1 atom stereocenters. The van der Waals surface area contributed by atoms with Crippen LogP contribution in [0, 0.1) is 13.8 Å². The molecule has 19 heavy (non-hydrogen) atoms. The number of halogens is 1. The van der Waals surface area contributed by atoms with Gasteiger partial charge in [-0.3, -0.25) is 4.98 Å². The van der Waals surface area contributed by atoms with Crippen molar-refractivity contribution in [2.24, 2.45) is 0 Å². The molecular weight excluding hydrogens is 306 g/mol. The third-order valence-electron chi connectivity index (χ3n) is 3.03. The number of pyridine rings is 1. The molecule has 0 saturated heterocycles. The largest absolute Gasteiger partial charge is 0.496 e. The van der Waals surface area contributed by atoms with Gasteiger partial charge in [0.05, 0.1) is 7.11 Å². The smallest absolute Gasteiger partial charge is 0.125 e. The van der Waals surface area contributed by atoms with Crippen LogP contribution in [-0.2, 0) is 0 Å². The number of hydrogen-bond acceptors (Lipinski definition) is 3. The monoisotopic (exact) mass is 321 g/mol. The van der Waals surface area contributed by atoms with Gasteiger partial charge in [0.1, 0.15) is 11.9 Å². The second-order valence-corrected chi connectivity index (χ2v) is 5.45. The quantitative estimate of drug-likeness (QED) is 0.940. The van der Waals surface area contributed by atoms with Crippen molar-refractivity contribution in [1.82, 2.24) is 4.98 Å². The molecule has 100 valence electrons. The summed E-state index contributed by atoms with van der Waals surface area (Å²) in [6.07, 6.45) is 2.60. The molecule has 0 aliphatic carbocycles. The molecule has 2 rings (SSSR count). The number of methoxy groups -OCH3 is 1. The fraction of sp³-hybridized carbons (Fsp3) is 0.267. The van der Waals surface area contributed by atoms with E-state index >= 15 is 0 Å². The Bertz CT molecular complexity index is 599. The lowest BCUT2D eigenvalue weighted by atomic mass is 9.96. The third-order valence-corrected chi connectivity index (χ3v) is 3.46. The zero-order valence-corrected chi connectivity index (χ0v) is 12.7. The zero-order chi connectivity index (χ0) is 14.0. The van der Waals surface area contributed by atoms with Crippen molar-refractivity contribution in [3.8, 4) is 5.75 Å². The molecule has 1 heterocycles. The van der Waals surface area contributed by atoms with Crippen molar-refractivity contribution in [2.45, 2.75) is 20.0 Å². The molecule has 1 N–H and O–H groups in total. The standard InChI is InChI=1S/C15H16BrNO2/c1-9-4-10(2)14(13(5-9)19-3)15(18)11-6-12(16)8-17-7-11/h4-8,15,18H,1-3H3. The maximum Gasteiger partial charge on any atom is 0.125 e. The molecule has 4 heteroatoms. The Morgan fingerprint density at radius 3 is 2.58 bits per heavy atom. The van der Waals surface area contributed by atoms with Crippen LogP contribution in [0.25, 0.3) is 0 Å². The van der Waals surface area contributed by atoms with E-state index in [1.807, 2.05) is 32.0 Å². The lowest BCUT2D eigenvalue weighted by molar-refractivity contribution is 0.213. The van der Waals surface area contributed by atoms with E-state index in [4.69, 9.17) is 4.74 Å². The van der Waals surface area contributed by atoms with Crippen LogP contribution in [0.15, 0.2) is 35.1 Å². The Kier molecular flexibility index (Phi) is 4.22. The van der Waals surface area contributed by atoms with Gasteiger partial charge in [0.2, 0.25) is 0 Å². The highest BCUT2D eigenvalue weighted by molar-refractivity contribution is 9.10. The predicted molar refractivity (Wildman–Crippen MR) is 78.5 cm³/mol. The lowest BCUT2D eigenvalue weighted by Crippen LogP contribution is -2.06. The number of aromatic nitrogens is 1. The van der Waals surface area contributed by atoms with E-state index in [0.717, 1.165) is 26.7 Å². The highest BCUT2D eigenvalue weighted by Gasteiger charge is 2.19. The summed E-state index contributed by atoms with van der Waals surface area (Å²) < 4.78 is 6.23. The van der Waals surface area contributed by atoms with Gasteiger partial charge in [-0.1, -0.05) is 6.07 Å². The predicted octanol–water partition coefficient (Wildman–Crippen LogP) is 3.55. The van der Waals surface area contributed by atoms with E-state index in [1.165, 1.54) is 0 Å². The number of aryl methyl sites for hydroxylation is 2. The maximum absolute atomic E-state index is 10.6. The summed E-state index contributed by atoms with van der Waals surface area (Å²) in [6.45, 7) is 3.98. The summed E-state index contributed by atoms with van der Waals surface area (Å²) >= 11 is 3.36. The summed E-state index contributed by atoms with van der Waals surface area (Å²) in [6, 6.07) is 5.82. The second-order valence-electron chi connectivity index (χ2n) is 4.54. The first-order valence-electron chi connectivity index (χ1n) is 5.96. The Morgan fingerprint density at radius 1 is 1.21 bits per heavy atom. The minimum absolute atomic E-state index is 0.699. The highest BCUT2D eigenvalue weighted by Crippen LogP contribution is 2.34. The van der Waals surface area contributed by atoms with Crippen LogP contribution in [0.2, 0.25) is 0 Å². The van der Waals surface area contributed by atoms with Crippen LogP contribution in [-0.4, -0.2) is 17.2 Å². The van der Waals surface area contributed by atoms with Crippen LogP contribution in [0.3, 0.4) is 0 Å². The molecule has 1 aromatic heterocycles. The van der Waals surface area contributed by atoms with Crippen molar-refractivity contribution in [3.05, 3.63) is 57.3 Å². The second kappa shape index (κ2) is 5.72. The summed E-state index contributed by atoms with van der Waals surface area (Å²) in [4.78, 5) is 4.09. The Hall–Kier alpha value is -1.39. The highest BCUT2D eigenvalue weighted by atomic mass is 79.9. The average molecular weight is 322 g/mol. The van der Waals surface area contributed by atoms with E-state index < -0.39 is 6.10 Å². The molecule has 1 aromatic carbocycles. The molecule has 0 fully saturated rings. The van der Waals surface area contributed by atoms with E-state index in [9.17, 15) is 5.11 Å². The summed E-state index contributed by atoms with van der Waals surface area (Å²) in [5.41, 5.74) is 3.63. The molecule has 1 unspecified atom stereocenters. The fourth-order valence-corrected chi connectivity index (χ4v) is 2.59. The van der Waals surface area contributed by atoms with Gasteiger partial charge < -0.3 is 9.84 Å². The van der Waals surface area contributed by atoms with Gasteiger partial charge in [-0.05, 0) is 53.0 Å². The van der Waals surface area contributed by atoms with Gasteiger partial charge in [0.15, 0.2) is 0 Å². The van der Waals surface area contributed by atoms with Gasteiger partial charge in [-0.15, -0.1) is 0 Å². The average Bonchev–Trinajstić information content (AvgIpc) is 2.37. The van der Waals surface area contributed by atoms with E-state index in [2.05, 4.69) is 20.9 Å². The van der Waals surface area contributed by atoms with Gasteiger partial charge >= 0.3 is 0 Å². The van der Waals surface area contributed by atoms with Crippen LogP contribution in [0.4, 0.5) is 0 Å².